The third-order valence-electron chi connectivity index (χ3n) is 2.63. The zero-order valence-electron chi connectivity index (χ0n) is 12.0. The Morgan fingerprint density at radius 2 is 1.75 bits per heavy atom. The van der Waals surface area contributed by atoms with Crippen molar-refractivity contribution >= 4 is 30.0 Å². The molecule has 0 atom stereocenters. The van der Waals surface area contributed by atoms with Crippen LogP contribution in [0.1, 0.15) is 17.5 Å². The van der Waals surface area contributed by atoms with Crippen LogP contribution < -0.4 is 5.32 Å². The van der Waals surface area contributed by atoms with Crippen molar-refractivity contribution in [1.82, 2.24) is 4.90 Å². The Morgan fingerprint density at radius 3 is 2.25 bits per heavy atom. The minimum absolute atomic E-state index is 0. The largest absolute Gasteiger partial charge is 0.481 e. The monoisotopic (exact) mass is 300 g/mol. The van der Waals surface area contributed by atoms with Crippen molar-refractivity contribution in [2.24, 2.45) is 0 Å². The van der Waals surface area contributed by atoms with Crippen molar-refractivity contribution in [3.8, 4) is 0 Å². The predicted octanol–water partition coefficient (Wildman–Crippen LogP) is 2.07. The first-order valence-electron chi connectivity index (χ1n) is 6.15. The number of carboxylic acids is 1. The summed E-state index contributed by atoms with van der Waals surface area (Å²) in [4.78, 5) is 23.9. The molecule has 5 nitrogen and oxygen atoms in total. The molecule has 0 saturated heterocycles. The minimum atomic E-state index is -0.860. The van der Waals surface area contributed by atoms with Crippen molar-refractivity contribution in [2.75, 3.05) is 25.5 Å². The lowest BCUT2D eigenvalue weighted by Crippen LogP contribution is -2.31. The fourth-order valence-corrected chi connectivity index (χ4v) is 1.86. The van der Waals surface area contributed by atoms with E-state index >= 15 is 0 Å². The van der Waals surface area contributed by atoms with Gasteiger partial charge in [0.1, 0.15) is 0 Å². The smallest absolute Gasteiger partial charge is 0.304 e. The van der Waals surface area contributed by atoms with Gasteiger partial charge in [-0.3, -0.25) is 14.5 Å². The topological polar surface area (TPSA) is 69.6 Å². The van der Waals surface area contributed by atoms with Gasteiger partial charge >= 0.3 is 5.97 Å². The average molecular weight is 301 g/mol. The van der Waals surface area contributed by atoms with Crippen LogP contribution in [0.3, 0.4) is 0 Å². The molecule has 0 fully saturated rings. The van der Waals surface area contributed by atoms with Crippen molar-refractivity contribution in [3.63, 3.8) is 0 Å². The van der Waals surface area contributed by atoms with Gasteiger partial charge < -0.3 is 10.4 Å². The van der Waals surface area contributed by atoms with Gasteiger partial charge in [0.05, 0.1) is 13.0 Å². The molecule has 6 heteroatoms. The molecular formula is C14H21ClN2O3. The second kappa shape index (κ2) is 8.55. The summed E-state index contributed by atoms with van der Waals surface area (Å²) in [6, 6.07) is 5.85. The molecule has 2 N–H and O–H groups in total. The van der Waals surface area contributed by atoms with E-state index in [1.807, 2.05) is 32.0 Å². The number of carbonyl (C=O) groups excluding carboxylic acids is 1. The van der Waals surface area contributed by atoms with E-state index in [1.165, 1.54) is 0 Å². The molecule has 0 radical (unpaired) electrons. The van der Waals surface area contributed by atoms with Crippen LogP contribution in [0.4, 0.5) is 5.69 Å². The van der Waals surface area contributed by atoms with Crippen LogP contribution in [0.15, 0.2) is 18.2 Å². The van der Waals surface area contributed by atoms with Gasteiger partial charge in [-0.05, 0) is 44.2 Å². The van der Waals surface area contributed by atoms with E-state index in [4.69, 9.17) is 5.11 Å². The molecule has 0 aliphatic heterocycles. The number of anilines is 1. The molecule has 0 aliphatic rings. The Labute approximate surface area is 125 Å². The van der Waals surface area contributed by atoms with E-state index in [1.54, 1.807) is 11.9 Å². The maximum atomic E-state index is 11.8. The average Bonchev–Trinajstić information content (AvgIpc) is 2.24. The second-order valence-corrected chi connectivity index (χ2v) is 4.81. The van der Waals surface area contributed by atoms with Crippen molar-refractivity contribution < 1.29 is 14.7 Å². The van der Waals surface area contributed by atoms with Gasteiger partial charge in [0, 0.05) is 12.2 Å². The maximum Gasteiger partial charge on any atom is 0.304 e. The van der Waals surface area contributed by atoms with Gasteiger partial charge in [0.2, 0.25) is 5.91 Å². The van der Waals surface area contributed by atoms with Gasteiger partial charge in [-0.1, -0.05) is 6.07 Å². The molecule has 0 aromatic heterocycles. The lowest BCUT2D eigenvalue weighted by atomic mass is 10.1. The molecule has 1 amide bonds. The van der Waals surface area contributed by atoms with Gasteiger partial charge in [-0.2, -0.15) is 0 Å². The molecule has 112 valence electrons. The van der Waals surface area contributed by atoms with Crippen molar-refractivity contribution in [2.45, 2.75) is 20.3 Å². The molecule has 0 heterocycles. The van der Waals surface area contributed by atoms with E-state index in [-0.39, 0.29) is 31.3 Å². The lowest BCUT2D eigenvalue weighted by molar-refractivity contribution is -0.137. The Kier molecular flexibility index (Phi) is 7.87. The summed E-state index contributed by atoms with van der Waals surface area (Å²) in [5.74, 6) is -1.00. The summed E-state index contributed by atoms with van der Waals surface area (Å²) in [6.07, 6.45) is 0.0351. The number of carboxylic acid groups (broad SMARTS) is 1. The van der Waals surface area contributed by atoms with Crippen LogP contribution in [-0.4, -0.2) is 42.0 Å². The lowest BCUT2D eigenvalue weighted by Gasteiger charge is -2.15. The van der Waals surface area contributed by atoms with Crippen LogP contribution in [-0.2, 0) is 9.59 Å². The summed E-state index contributed by atoms with van der Waals surface area (Å²) >= 11 is 0. The van der Waals surface area contributed by atoms with Crippen LogP contribution in [0.5, 0.6) is 0 Å². The fraction of sp³-hybridized carbons (Fsp3) is 0.429. The number of hydrogen-bond acceptors (Lipinski definition) is 3. The van der Waals surface area contributed by atoms with Crippen molar-refractivity contribution in [1.29, 1.82) is 0 Å². The zero-order chi connectivity index (χ0) is 14.4. The molecule has 1 aromatic rings. The molecule has 0 bridgehead atoms. The molecule has 0 unspecified atom stereocenters. The minimum Gasteiger partial charge on any atom is -0.481 e. The third kappa shape index (κ3) is 7.11. The van der Waals surface area contributed by atoms with E-state index in [0.717, 1.165) is 16.8 Å². The Bertz CT molecular complexity index is 457. The second-order valence-electron chi connectivity index (χ2n) is 4.81. The molecule has 20 heavy (non-hydrogen) atoms. The standard InChI is InChI=1S/C14H20N2O3.ClH/c1-10-6-11(2)8-12(7-10)15-13(17)9-16(3)5-4-14(18)19;/h6-8H,4-5,9H2,1-3H3,(H,15,17)(H,18,19);1H. The number of nitrogens with zero attached hydrogens (tertiary/aromatic N) is 1. The highest BCUT2D eigenvalue weighted by atomic mass is 35.5. The highest BCUT2D eigenvalue weighted by Gasteiger charge is 2.08. The number of benzene rings is 1. The molecule has 0 aliphatic carbocycles. The number of amides is 1. The first kappa shape index (κ1) is 18.4. The van der Waals surface area contributed by atoms with Gasteiger partial charge in [0.25, 0.3) is 0 Å². The third-order valence-corrected chi connectivity index (χ3v) is 2.63. The number of rotatable bonds is 6. The highest BCUT2D eigenvalue weighted by molar-refractivity contribution is 5.92. The van der Waals surface area contributed by atoms with Crippen LogP contribution in [0.2, 0.25) is 0 Å². The van der Waals surface area contributed by atoms with E-state index in [2.05, 4.69) is 5.32 Å². The van der Waals surface area contributed by atoms with E-state index in [0.29, 0.717) is 6.54 Å². The molecule has 1 rings (SSSR count). The van der Waals surface area contributed by atoms with Gasteiger partial charge in [-0.15, -0.1) is 12.4 Å². The normalized spacial score (nSPS) is 10.0. The number of aryl methyl sites for hydroxylation is 2. The van der Waals surface area contributed by atoms with Gasteiger partial charge in [-0.25, -0.2) is 0 Å². The quantitative estimate of drug-likeness (QED) is 0.844. The highest BCUT2D eigenvalue weighted by Crippen LogP contribution is 2.13. The fourth-order valence-electron chi connectivity index (χ4n) is 1.86. The zero-order valence-corrected chi connectivity index (χ0v) is 12.8. The van der Waals surface area contributed by atoms with Crippen LogP contribution in [0.25, 0.3) is 0 Å². The molecular weight excluding hydrogens is 280 g/mol. The summed E-state index contributed by atoms with van der Waals surface area (Å²) < 4.78 is 0. The number of nitrogens with one attached hydrogen (secondary N) is 1. The van der Waals surface area contributed by atoms with E-state index < -0.39 is 5.97 Å². The van der Waals surface area contributed by atoms with E-state index in [9.17, 15) is 9.59 Å². The van der Waals surface area contributed by atoms with Crippen LogP contribution >= 0.6 is 12.4 Å². The van der Waals surface area contributed by atoms with Crippen LogP contribution in [0, 0.1) is 13.8 Å². The summed E-state index contributed by atoms with van der Waals surface area (Å²) in [5, 5.41) is 11.4. The molecule has 0 spiro atoms. The number of aliphatic carboxylic acids is 1. The summed E-state index contributed by atoms with van der Waals surface area (Å²) in [7, 11) is 1.73. The van der Waals surface area contributed by atoms with Crippen molar-refractivity contribution in [3.05, 3.63) is 29.3 Å². The number of carbonyl (C=O) groups is 2. The first-order chi connectivity index (χ1) is 8.86. The first-order valence-corrected chi connectivity index (χ1v) is 6.15. The molecule has 0 saturated carbocycles. The molecule has 1 aromatic carbocycles. The number of likely N-dealkylation sites (N-methyl/N-ethyl adjacent to an activating group) is 1. The Hall–Kier alpha value is -1.59. The number of halogens is 1. The SMILES string of the molecule is Cc1cc(C)cc(NC(=O)CN(C)CCC(=O)O)c1.Cl. The maximum absolute atomic E-state index is 11.8. The Balaban J connectivity index is 0.00000361. The number of hydrogen-bond donors (Lipinski definition) is 2. The van der Waals surface area contributed by atoms with Gasteiger partial charge in [0.15, 0.2) is 0 Å². The summed E-state index contributed by atoms with van der Waals surface area (Å²) in [6.45, 7) is 4.49. The predicted molar refractivity (Wildman–Crippen MR) is 81.5 cm³/mol. The Morgan fingerprint density at radius 1 is 1.20 bits per heavy atom. The summed E-state index contributed by atoms with van der Waals surface area (Å²) in [5.41, 5.74) is 2.96.